The summed E-state index contributed by atoms with van der Waals surface area (Å²) in [6, 6.07) is 20.2. The minimum absolute atomic E-state index is 0.139. The van der Waals surface area contributed by atoms with Crippen LogP contribution in [0.15, 0.2) is 77.7 Å². The summed E-state index contributed by atoms with van der Waals surface area (Å²) in [5.41, 5.74) is 3.48. The SMILES string of the molecule is CC(NC(=O)Nc1ccc(S(=O)(=O)Cc2ccc3c(c2)CNC3=O)cc1)c1ccccc1. The second-order valence-electron chi connectivity index (χ2n) is 7.69. The molecule has 0 aliphatic carbocycles. The minimum Gasteiger partial charge on any atom is -0.348 e. The predicted octanol–water partition coefficient (Wildman–Crippen LogP) is 3.79. The zero-order valence-electron chi connectivity index (χ0n) is 17.5. The first kappa shape index (κ1) is 21.6. The summed E-state index contributed by atoms with van der Waals surface area (Å²) in [7, 11) is -3.58. The van der Waals surface area contributed by atoms with Gasteiger partial charge in [-0.05, 0) is 53.9 Å². The van der Waals surface area contributed by atoms with Crippen molar-refractivity contribution in [3.63, 3.8) is 0 Å². The van der Waals surface area contributed by atoms with Gasteiger partial charge >= 0.3 is 6.03 Å². The molecule has 0 bridgehead atoms. The molecule has 4 rings (SSSR count). The average Bonchev–Trinajstić information content (AvgIpc) is 3.14. The second-order valence-corrected chi connectivity index (χ2v) is 9.68. The van der Waals surface area contributed by atoms with Gasteiger partial charge in [0.25, 0.3) is 5.91 Å². The maximum absolute atomic E-state index is 12.8. The van der Waals surface area contributed by atoms with Gasteiger partial charge in [-0.1, -0.05) is 42.5 Å². The van der Waals surface area contributed by atoms with Crippen LogP contribution in [0.1, 0.15) is 40.0 Å². The number of anilines is 1. The number of urea groups is 1. The quantitative estimate of drug-likeness (QED) is 0.533. The molecule has 1 atom stereocenters. The van der Waals surface area contributed by atoms with E-state index in [-0.39, 0.29) is 28.6 Å². The van der Waals surface area contributed by atoms with Gasteiger partial charge in [0.2, 0.25) is 0 Å². The van der Waals surface area contributed by atoms with E-state index < -0.39 is 9.84 Å². The standard InChI is InChI=1S/C24H23N3O4S/c1-16(18-5-3-2-4-6-18)26-24(29)27-20-8-10-21(11-9-20)32(30,31)15-17-7-12-22-19(13-17)14-25-23(22)28/h2-13,16H,14-15H2,1H3,(H,25,28)(H2,26,27,29). The molecule has 1 heterocycles. The lowest BCUT2D eigenvalue weighted by atomic mass is 10.1. The zero-order chi connectivity index (χ0) is 22.7. The van der Waals surface area contributed by atoms with Crippen LogP contribution >= 0.6 is 0 Å². The van der Waals surface area contributed by atoms with Gasteiger partial charge in [0, 0.05) is 17.8 Å². The van der Waals surface area contributed by atoms with Crippen LogP contribution in [0.2, 0.25) is 0 Å². The molecule has 0 aromatic heterocycles. The number of benzene rings is 3. The number of carbonyl (C=O) groups excluding carboxylic acids is 2. The Morgan fingerprint density at radius 1 is 1.03 bits per heavy atom. The van der Waals surface area contributed by atoms with Crippen LogP contribution in [0.4, 0.5) is 10.5 Å². The summed E-state index contributed by atoms with van der Waals surface area (Å²) in [5, 5.41) is 8.29. The summed E-state index contributed by atoms with van der Waals surface area (Å²) >= 11 is 0. The van der Waals surface area contributed by atoms with Crippen molar-refractivity contribution in [3.8, 4) is 0 Å². The highest BCUT2D eigenvalue weighted by atomic mass is 32.2. The third-order valence-electron chi connectivity index (χ3n) is 5.33. The average molecular weight is 450 g/mol. The smallest absolute Gasteiger partial charge is 0.319 e. The van der Waals surface area contributed by atoms with Crippen LogP contribution in [-0.4, -0.2) is 20.4 Å². The fourth-order valence-corrected chi connectivity index (χ4v) is 4.95. The van der Waals surface area contributed by atoms with E-state index in [1.54, 1.807) is 30.3 Å². The largest absolute Gasteiger partial charge is 0.348 e. The summed E-state index contributed by atoms with van der Waals surface area (Å²) in [4.78, 5) is 24.1. The topological polar surface area (TPSA) is 104 Å². The lowest BCUT2D eigenvalue weighted by molar-refractivity contribution is 0.0965. The number of amides is 3. The molecular weight excluding hydrogens is 426 g/mol. The molecule has 1 aliphatic rings. The fraction of sp³-hybridized carbons (Fsp3) is 0.167. The molecule has 3 N–H and O–H groups in total. The second kappa shape index (κ2) is 8.84. The molecule has 32 heavy (non-hydrogen) atoms. The minimum atomic E-state index is -3.58. The fourth-order valence-electron chi connectivity index (χ4n) is 3.61. The molecular formula is C24H23N3O4S. The number of carbonyl (C=O) groups is 2. The predicted molar refractivity (Wildman–Crippen MR) is 122 cm³/mol. The molecule has 1 aliphatic heterocycles. The first-order valence-corrected chi connectivity index (χ1v) is 11.8. The van der Waals surface area contributed by atoms with Gasteiger partial charge in [-0.3, -0.25) is 4.79 Å². The lowest BCUT2D eigenvalue weighted by Crippen LogP contribution is -2.31. The Labute approximate surface area is 186 Å². The van der Waals surface area contributed by atoms with Crippen LogP contribution < -0.4 is 16.0 Å². The van der Waals surface area contributed by atoms with Gasteiger partial charge in [0.05, 0.1) is 16.7 Å². The van der Waals surface area contributed by atoms with E-state index in [4.69, 9.17) is 0 Å². The van der Waals surface area contributed by atoms with Crippen molar-refractivity contribution < 1.29 is 18.0 Å². The molecule has 0 fully saturated rings. The molecule has 3 aromatic rings. The van der Waals surface area contributed by atoms with E-state index in [0.717, 1.165) is 11.1 Å². The van der Waals surface area contributed by atoms with Crippen LogP contribution in [0, 0.1) is 0 Å². The van der Waals surface area contributed by atoms with E-state index in [1.807, 2.05) is 37.3 Å². The molecule has 1 unspecified atom stereocenters. The number of fused-ring (bicyclic) bond motifs is 1. The number of hydrogen-bond donors (Lipinski definition) is 3. The molecule has 3 amide bonds. The van der Waals surface area contributed by atoms with Gasteiger partial charge in [-0.25, -0.2) is 13.2 Å². The molecule has 3 aromatic carbocycles. The highest BCUT2D eigenvalue weighted by Gasteiger charge is 2.21. The van der Waals surface area contributed by atoms with Crippen LogP contribution in [0.25, 0.3) is 0 Å². The Morgan fingerprint density at radius 3 is 2.47 bits per heavy atom. The number of sulfone groups is 1. The number of rotatable bonds is 6. The first-order valence-electron chi connectivity index (χ1n) is 10.2. The van der Waals surface area contributed by atoms with Crippen LogP contribution in [0.3, 0.4) is 0 Å². The van der Waals surface area contributed by atoms with Crippen molar-refractivity contribution in [3.05, 3.63) is 95.1 Å². The first-order chi connectivity index (χ1) is 15.3. The third-order valence-corrected chi connectivity index (χ3v) is 7.03. The number of nitrogens with one attached hydrogen (secondary N) is 3. The Balaban J connectivity index is 1.39. The van der Waals surface area contributed by atoms with E-state index in [1.165, 1.54) is 12.1 Å². The van der Waals surface area contributed by atoms with Crippen molar-refractivity contribution >= 4 is 27.5 Å². The van der Waals surface area contributed by atoms with Crippen molar-refractivity contribution in [2.45, 2.75) is 30.2 Å². The molecule has 7 nitrogen and oxygen atoms in total. The molecule has 0 saturated heterocycles. The van der Waals surface area contributed by atoms with Crippen LogP contribution in [0.5, 0.6) is 0 Å². The summed E-state index contributed by atoms with van der Waals surface area (Å²) < 4.78 is 25.6. The Kier molecular flexibility index (Phi) is 5.96. The van der Waals surface area contributed by atoms with Crippen molar-refractivity contribution in [1.29, 1.82) is 0 Å². The molecule has 0 spiro atoms. The molecule has 164 valence electrons. The zero-order valence-corrected chi connectivity index (χ0v) is 18.3. The van der Waals surface area contributed by atoms with Gasteiger partial charge in [0.15, 0.2) is 9.84 Å². The Bertz CT molecular complexity index is 1260. The Hall–Kier alpha value is -3.65. The normalized spacial score (nSPS) is 13.7. The monoisotopic (exact) mass is 449 g/mol. The van der Waals surface area contributed by atoms with Crippen molar-refractivity contribution in [1.82, 2.24) is 10.6 Å². The van der Waals surface area contributed by atoms with E-state index in [2.05, 4.69) is 16.0 Å². The van der Waals surface area contributed by atoms with Crippen molar-refractivity contribution in [2.75, 3.05) is 5.32 Å². The van der Waals surface area contributed by atoms with Gasteiger partial charge in [-0.2, -0.15) is 0 Å². The van der Waals surface area contributed by atoms with Crippen LogP contribution in [-0.2, 0) is 22.1 Å². The lowest BCUT2D eigenvalue weighted by Gasteiger charge is -2.15. The maximum Gasteiger partial charge on any atom is 0.319 e. The third kappa shape index (κ3) is 4.81. The summed E-state index contributed by atoms with van der Waals surface area (Å²) in [5.74, 6) is -0.309. The van der Waals surface area contributed by atoms with Gasteiger partial charge in [-0.15, -0.1) is 0 Å². The highest BCUT2D eigenvalue weighted by Crippen LogP contribution is 2.22. The summed E-state index contributed by atoms with van der Waals surface area (Å²) in [6.45, 7) is 2.29. The van der Waals surface area contributed by atoms with Gasteiger partial charge < -0.3 is 16.0 Å². The van der Waals surface area contributed by atoms with Crippen molar-refractivity contribution in [2.24, 2.45) is 0 Å². The van der Waals surface area contributed by atoms with E-state index in [0.29, 0.717) is 23.4 Å². The highest BCUT2D eigenvalue weighted by molar-refractivity contribution is 7.90. The molecule has 8 heteroatoms. The molecule has 0 saturated carbocycles. The Morgan fingerprint density at radius 2 is 1.75 bits per heavy atom. The maximum atomic E-state index is 12.8. The van der Waals surface area contributed by atoms with E-state index >= 15 is 0 Å². The summed E-state index contributed by atoms with van der Waals surface area (Å²) in [6.07, 6.45) is 0. The van der Waals surface area contributed by atoms with E-state index in [9.17, 15) is 18.0 Å². The molecule has 0 radical (unpaired) electrons. The van der Waals surface area contributed by atoms with Gasteiger partial charge in [0.1, 0.15) is 0 Å². The number of hydrogen-bond acceptors (Lipinski definition) is 4.